The number of nitrogens with zero attached hydrogens (tertiary/aromatic N) is 3. The third kappa shape index (κ3) is 2.92. The monoisotopic (exact) mass is 284 g/mol. The predicted molar refractivity (Wildman–Crippen MR) is 85.9 cm³/mol. The molecule has 0 radical (unpaired) electrons. The van der Waals surface area contributed by atoms with Gasteiger partial charge in [-0.3, -0.25) is 4.90 Å². The van der Waals surface area contributed by atoms with E-state index in [-0.39, 0.29) is 11.5 Å². The molecule has 4 heteroatoms. The lowest BCUT2D eigenvalue weighted by atomic mass is 9.79. The zero-order chi connectivity index (χ0) is 15.0. The van der Waals surface area contributed by atoms with Gasteiger partial charge in [0.2, 0.25) is 0 Å². The van der Waals surface area contributed by atoms with Crippen LogP contribution in [0.1, 0.15) is 31.7 Å². The Balaban J connectivity index is 1.83. The topological polar surface area (TPSA) is 55.0 Å². The van der Waals surface area contributed by atoms with Gasteiger partial charge in [-0.15, -0.1) is 0 Å². The summed E-state index contributed by atoms with van der Waals surface area (Å²) in [4.78, 5) is 11.9. The second-order valence-corrected chi connectivity index (χ2v) is 6.84. The van der Waals surface area contributed by atoms with E-state index in [1.54, 1.807) is 0 Å². The average molecular weight is 284 g/mol. The van der Waals surface area contributed by atoms with Crippen LogP contribution in [0.4, 0.5) is 0 Å². The number of aryl methyl sites for hydroxylation is 1. The van der Waals surface area contributed by atoms with Gasteiger partial charge in [0.15, 0.2) is 0 Å². The van der Waals surface area contributed by atoms with Crippen LogP contribution in [0.15, 0.2) is 24.3 Å². The largest absolute Gasteiger partial charge is 0.327 e. The van der Waals surface area contributed by atoms with E-state index in [0.717, 1.165) is 48.5 Å². The summed E-state index contributed by atoms with van der Waals surface area (Å²) >= 11 is 0. The Hall–Kier alpha value is -1.52. The minimum absolute atomic E-state index is 0.163. The summed E-state index contributed by atoms with van der Waals surface area (Å²) < 4.78 is 0. The third-order valence-corrected chi connectivity index (χ3v) is 4.61. The average Bonchev–Trinajstić information content (AvgIpc) is 2.43. The number of hydrogen-bond acceptors (Lipinski definition) is 4. The van der Waals surface area contributed by atoms with Crippen LogP contribution in [-0.2, 0) is 6.54 Å². The van der Waals surface area contributed by atoms with E-state index in [9.17, 15) is 0 Å². The Morgan fingerprint density at radius 1 is 1.24 bits per heavy atom. The van der Waals surface area contributed by atoms with Crippen molar-refractivity contribution in [3.63, 3.8) is 0 Å². The molecular formula is C17H24N4. The molecule has 2 aromatic rings. The van der Waals surface area contributed by atoms with E-state index in [4.69, 9.17) is 10.7 Å². The van der Waals surface area contributed by atoms with Crippen LogP contribution in [0.2, 0.25) is 0 Å². The van der Waals surface area contributed by atoms with Crippen LogP contribution < -0.4 is 5.73 Å². The second-order valence-electron chi connectivity index (χ2n) is 6.84. The first kappa shape index (κ1) is 14.4. The number of piperidine rings is 1. The molecule has 0 saturated carbocycles. The molecule has 0 aliphatic carbocycles. The molecule has 4 nitrogen and oxygen atoms in total. The number of rotatable bonds is 2. The van der Waals surface area contributed by atoms with Crippen molar-refractivity contribution >= 4 is 11.0 Å². The highest BCUT2D eigenvalue weighted by Gasteiger charge is 2.33. The maximum absolute atomic E-state index is 6.22. The van der Waals surface area contributed by atoms with E-state index in [2.05, 4.69) is 30.7 Å². The van der Waals surface area contributed by atoms with Gasteiger partial charge in [-0.1, -0.05) is 26.0 Å². The Morgan fingerprint density at radius 2 is 1.90 bits per heavy atom. The molecule has 1 aromatic carbocycles. The van der Waals surface area contributed by atoms with Gasteiger partial charge in [0.05, 0.1) is 22.4 Å². The highest BCUT2D eigenvalue weighted by atomic mass is 15.2. The Kier molecular flexibility index (Phi) is 3.68. The SMILES string of the molecule is Cc1nc2ccccc2nc1CN1CCC(N)C(C)(C)C1. The molecule has 2 N–H and O–H groups in total. The zero-order valence-electron chi connectivity index (χ0n) is 13.1. The molecule has 21 heavy (non-hydrogen) atoms. The number of nitrogens with two attached hydrogens (primary N) is 1. The molecule has 1 aromatic heterocycles. The van der Waals surface area contributed by atoms with Crippen molar-refractivity contribution in [3.8, 4) is 0 Å². The van der Waals surface area contributed by atoms with Crippen molar-refractivity contribution < 1.29 is 0 Å². The van der Waals surface area contributed by atoms with Crippen LogP contribution in [0.5, 0.6) is 0 Å². The fourth-order valence-electron chi connectivity index (χ4n) is 3.11. The van der Waals surface area contributed by atoms with Gasteiger partial charge < -0.3 is 5.73 Å². The van der Waals surface area contributed by atoms with E-state index in [1.807, 2.05) is 24.3 Å². The standard InChI is InChI=1S/C17H24N4/c1-12-15(20-14-7-5-4-6-13(14)19-12)10-21-9-8-16(18)17(2,3)11-21/h4-7,16H,8-11,18H2,1-3H3. The highest BCUT2D eigenvalue weighted by Crippen LogP contribution is 2.28. The van der Waals surface area contributed by atoms with Crippen LogP contribution in [0.3, 0.4) is 0 Å². The molecule has 112 valence electrons. The zero-order valence-corrected chi connectivity index (χ0v) is 13.1. The van der Waals surface area contributed by atoms with Crippen molar-refractivity contribution in [2.45, 2.75) is 39.8 Å². The van der Waals surface area contributed by atoms with Gasteiger partial charge in [0.1, 0.15) is 0 Å². The molecule has 0 amide bonds. The first-order valence-electron chi connectivity index (χ1n) is 7.66. The first-order chi connectivity index (χ1) is 9.95. The molecular weight excluding hydrogens is 260 g/mol. The van der Waals surface area contributed by atoms with Gasteiger partial charge >= 0.3 is 0 Å². The van der Waals surface area contributed by atoms with E-state index < -0.39 is 0 Å². The van der Waals surface area contributed by atoms with Crippen LogP contribution in [-0.4, -0.2) is 34.0 Å². The molecule has 0 spiro atoms. The number of likely N-dealkylation sites (tertiary alicyclic amines) is 1. The molecule has 1 atom stereocenters. The summed E-state index contributed by atoms with van der Waals surface area (Å²) in [6, 6.07) is 8.35. The molecule has 1 unspecified atom stereocenters. The van der Waals surface area contributed by atoms with Crippen LogP contribution in [0.25, 0.3) is 11.0 Å². The van der Waals surface area contributed by atoms with E-state index in [1.165, 1.54) is 0 Å². The van der Waals surface area contributed by atoms with Crippen molar-refractivity contribution in [1.82, 2.24) is 14.9 Å². The summed E-state index contributed by atoms with van der Waals surface area (Å²) in [6.07, 6.45) is 1.05. The fraction of sp³-hybridized carbons (Fsp3) is 0.529. The Labute approximate surface area is 126 Å². The minimum Gasteiger partial charge on any atom is -0.327 e. The normalized spacial score (nSPS) is 22.6. The lowest BCUT2D eigenvalue weighted by Crippen LogP contribution is -2.52. The molecule has 0 bridgehead atoms. The van der Waals surface area contributed by atoms with Crippen molar-refractivity contribution in [2.24, 2.45) is 11.1 Å². The molecule has 3 rings (SSSR count). The van der Waals surface area contributed by atoms with Crippen LogP contribution in [0, 0.1) is 12.3 Å². The van der Waals surface area contributed by atoms with E-state index >= 15 is 0 Å². The maximum atomic E-state index is 6.22. The fourth-order valence-corrected chi connectivity index (χ4v) is 3.11. The quantitative estimate of drug-likeness (QED) is 0.920. The summed E-state index contributed by atoms with van der Waals surface area (Å²) in [6.45, 7) is 9.47. The molecule has 1 aliphatic rings. The van der Waals surface area contributed by atoms with Gasteiger partial charge in [-0.2, -0.15) is 0 Å². The number of para-hydroxylation sites is 2. The minimum atomic E-state index is 0.163. The molecule has 1 aliphatic heterocycles. The van der Waals surface area contributed by atoms with Crippen molar-refractivity contribution in [1.29, 1.82) is 0 Å². The summed E-state index contributed by atoms with van der Waals surface area (Å²) in [5.74, 6) is 0. The molecule has 1 saturated heterocycles. The number of fused-ring (bicyclic) bond motifs is 1. The van der Waals surface area contributed by atoms with E-state index in [0.29, 0.717) is 0 Å². The lowest BCUT2D eigenvalue weighted by molar-refractivity contribution is 0.0887. The summed E-state index contributed by atoms with van der Waals surface area (Å²) in [5.41, 5.74) is 10.4. The Morgan fingerprint density at radius 3 is 2.57 bits per heavy atom. The third-order valence-electron chi connectivity index (χ3n) is 4.61. The maximum Gasteiger partial charge on any atom is 0.0890 e. The summed E-state index contributed by atoms with van der Waals surface area (Å²) in [7, 11) is 0. The number of aromatic nitrogens is 2. The van der Waals surface area contributed by atoms with Gasteiger partial charge in [-0.05, 0) is 30.9 Å². The number of hydrogen-bond donors (Lipinski definition) is 1. The first-order valence-corrected chi connectivity index (χ1v) is 7.66. The number of benzene rings is 1. The van der Waals surface area contributed by atoms with Gasteiger partial charge in [-0.25, -0.2) is 9.97 Å². The van der Waals surface area contributed by atoms with Gasteiger partial charge in [0.25, 0.3) is 0 Å². The van der Waals surface area contributed by atoms with Crippen molar-refractivity contribution in [2.75, 3.05) is 13.1 Å². The van der Waals surface area contributed by atoms with Crippen molar-refractivity contribution in [3.05, 3.63) is 35.7 Å². The molecule has 2 heterocycles. The molecule has 1 fully saturated rings. The highest BCUT2D eigenvalue weighted by molar-refractivity contribution is 5.74. The lowest BCUT2D eigenvalue weighted by Gasteiger charge is -2.42. The Bertz CT molecular complexity index is 650. The summed E-state index contributed by atoms with van der Waals surface area (Å²) in [5, 5.41) is 0. The van der Waals surface area contributed by atoms with Crippen LogP contribution >= 0.6 is 0 Å². The van der Waals surface area contributed by atoms with Gasteiger partial charge in [0, 0.05) is 25.7 Å². The smallest absolute Gasteiger partial charge is 0.0890 e. The second kappa shape index (κ2) is 5.35. The predicted octanol–water partition coefficient (Wildman–Crippen LogP) is 2.50.